The number of hydrogen-bond donors (Lipinski definition) is 6. The van der Waals surface area contributed by atoms with E-state index in [0.717, 1.165) is 77.0 Å². The van der Waals surface area contributed by atoms with Crippen LogP contribution in [0.2, 0.25) is 0 Å². The molecule has 512 valence electrons. The lowest BCUT2D eigenvalue weighted by atomic mass is 9.99. The average molecular weight is 1240 g/mol. The van der Waals surface area contributed by atoms with E-state index in [0.29, 0.717) is 19.4 Å². The zero-order valence-electron chi connectivity index (χ0n) is 56.9. The number of nitrogens with one attached hydrogen (secondary N) is 1. The van der Waals surface area contributed by atoms with Gasteiger partial charge in [-0.15, -0.1) is 0 Å². The molecule has 1 aliphatic rings. The number of aliphatic hydroxyl groups is 5. The summed E-state index contributed by atoms with van der Waals surface area (Å²) >= 11 is 0. The molecule has 0 aliphatic carbocycles. The molecule has 7 unspecified atom stereocenters. The van der Waals surface area contributed by atoms with E-state index < -0.39 is 49.5 Å². The highest BCUT2D eigenvalue weighted by Crippen LogP contribution is 2.23. The summed E-state index contributed by atoms with van der Waals surface area (Å²) in [4.78, 5) is 25.1. The van der Waals surface area contributed by atoms with Crippen LogP contribution in [-0.4, -0.2) is 100 Å². The van der Waals surface area contributed by atoms with Gasteiger partial charge in [0.25, 0.3) is 0 Å². The maximum atomic E-state index is 13.1. The first-order valence-electron chi connectivity index (χ1n) is 37.2. The number of carbonyl (C=O) groups is 2. The minimum absolute atomic E-state index is 0.00172. The SMILES string of the molecule is CCCC/C=C\CCCCCCCC(=O)OCCCCCCCCCCCCC/C=C\C/C=C\CCCCCCCCCCCCCCCCCCCC(=O)NC(COC1OC(CO)C(O)C(O)C1O)C(O)/C=C/CC/C=C/CC/C=C/CCCCCC. The van der Waals surface area contributed by atoms with Crippen LogP contribution in [0.1, 0.15) is 341 Å². The largest absolute Gasteiger partial charge is 0.466 e. The van der Waals surface area contributed by atoms with Crippen LogP contribution in [0.4, 0.5) is 0 Å². The Morgan fingerprint density at radius 2 is 0.784 bits per heavy atom. The molecule has 0 aromatic carbocycles. The third kappa shape index (κ3) is 53.7. The van der Waals surface area contributed by atoms with Gasteiger partial charge in [-0.25, -0.2) is 0 Å². The van der Waals surface area contributed by atoms with Gasteiger partial charge in [0.1, 0.15) is 24.4 Å². The van der Waals surface area contributed by atoms with Crippen LogP contribution in [-0.2, 0) is 23.8 Å². The second-order valence-electron chi connectivity index (χ2n) is 25.6. The van der Waals surface area contributed by atoms with E-state index in [1.165, 1.54) is 238 Å². The number of rotatable bonds is 65. The summed E-state index contributed by atoms with van der Waals surface area (Å²) in [5.74, 6) is -0.195. The Balaban J connectivity index is 1.97. The van der Waals surface area contributed by atoms with Gasteiger partial charge in [-0.1, -0.05) is 292 Å². The second kappa shape index (κ2) is 65.6. The summed E-state index contributed by atoms with van der Waals surface area (Å²) in [6.07, 6.45) is 79.1. The van der Waals surface area contributed by atoms with E-state index in [1.807, 2.05) is 6.08 Å². The molecule has 1 aliphatic heterocycles. The minimum Gasteiger partial charge on any atom is -0.466 e. The molecular formula is C77H139NO10. The number of esters is 1. The molecule has 0 radical (unpaired) electrons. The number of amides is 1. The summed E-state index contributed by atoms with van der Waals surface area (Å²) in [7, 11) is 0. The zero-order valence-corrected chi connectivity index (χ0v) is 56.9. The van der Waals surface area contributed by atoms with Crippen LogP contribution in [0.5, 0.6) is 0 Å². The molecule has 88 heavy (non-hydrogen) atoms. The lowest BCUT2D eigenvalue weighted by Gasteiger charge is -2.40. The summed E-state index contributed by atoms with van der Waals surface area (Å²) < 4.78 is 16.7. The van der Waals surface area contributed by atoms with Gasteiger partial charge in [0.15, 0.2) is 6.29 Å². The number of aliphatic hydroxyl groups excluding tert-OH is 5. The van der Waals surface area contributed by atoms with Gasteiger partial charge in [0.05, 0.1) is 32.0 Å². The highest BCUT2D eigenvalue weighted by atomic mass is 16.7. The van der Waals surface area contributed by atoms with Gasteiger partial charge in [-0.05, 0) is 109 Å². The highest BCUT2D eigenvalue weighted by molar-refractivity contribution is 5.76. The Kier molecular flexibility index (Phi) is 61.9. The van der Waals surface area contributed by atoms with E-state index in [9.17, 15) is 35.1 Å². The minimum atomic E-state index is -1.58. The molecule has 1 amide bonds. The fourth-order valence-corrected chi connectivity index (χ4v) is 11.4. The monoisotopic (exact) mass is 1240 g/mol. The first-order valence-corrected chi connectivity index (χ1v) is 37.2. The van der Waals surface area contributed by atoms with Crippen LogP contribution >= 0.6 is 0 Å². The maximum absolute atomic E-state index is 13.1. The van der Waals surface area contributed by atoms with Crippen molar-refractivity contribution in [1.82, 2.24) is 5.32 Å². The number of carbonyl (C=O) groups excluding carboxylic acids is 2. The molecule has 1 rings (SSSR count). The molecule has 11 heteroatoms. The van der Waals surface area contributed by atoms with Gasteiger partial charge in [-0.3, -0.25) is 9.59 Å². The van der Waals surface area contributed by atoms with Gasteiger partial charge in [0.2, 0.25) is 5.91 Å². The van der Waals surface area contributed by atoms with Gasteiger partial charge in [0, 0.05) is 12.8 Å². The van der Waals surface area contributed by atoms with Crippen molar-refractivity contribution in [2.24, 2.45) is 0 Å². The van der Waals surface area contributed by atoms with Crippen molar-refractivity contribution in [3.63, 3.8) is 0 Å². The van der Waals surface area contributed by atoms with Gasteiger partial charge >= 0.3 is 5.97 Å². The third-order valence-electron chi connectivity index (χ3n) is 17.2. The van der Waals surface area contributed by atoms with Crippen LogP contribution in [0.15, 0.2) is 72.9 Å². The van der Waals surface area contributed by atoms with Crippen molar-refractivity contribution in [3.05, 3.63) is 72.9 Å². The molecule has 0 aromatic rings. The van der Waals surface area contributed by atoms with Crippen molar-refractivity contribution in [2.45, 2.75) is 384 Å². The second-order valence-corrected chi connectivity index (χ2v) is 25.6. The summed E-state index contributed by atoms with van der Waals surface area (Å²) in [6, 6.07) is -0.834. The van der Waals surface area contributed by atoms with Gasteiger partial charge in [-0.2, -0.15) is 0 Å². The molecule has 1 saturated heterocycles. The Bertz CT molecular complexity index is 1690. The summed E-state index contributed by atoms with van der Waals surface area (Å²) in [5.41, 5.74) is 0. The van der Waals surface area contributed by atoms with Gasteiger partial charge < -0.3 is 45.1 Å². The molecule has 11 nitrogen and oxygen atoms in total. The van der Waals surface area contributed by atoms with Crippen molar-refractivity contribution in [2.75, 3.05) is 19.8 Å². The van der Waals surface area contributed by atoms with E-state index in [1.54, 1.807) is 6.08 Å². The Morgan fingerprint density at radius 3 is 1.23 bits per heavy atom. The fourth-order valence-electron chi connectivity index (χ4n) is 11.4. The molecule has 1 heterocycles. The van der Waals surface area contributed by atoms with Crippen LogP contribution < -0.4 is 5.32 Å². The first kappa shape index (κ1) is 83.1. The molecule has 1 fully saturated rings. The summed E-state index contributed by atoms with van der Waals surface area (Å²) in [6.45, 7) is 4.29. The molecule has 0 saturated carbocycles. The van der Waals surface area contributed by atoms with Crippen molar-refractivity contribution in [3.8, 4) is 0 Å². The van der Waals surface area contributed by atoms with E-state index in [-0.39, 0.29) is 18.5 Å². The standard InChI is InChI=1S/C77H139NO10/c1-3-5-7-9-11-13-15-16-40-44-47-51-55-59-63-70(80)69(68-87-77-76(85)75(84)74(83)71(67-79)88-77)78-72(81)64-60-56-52-48-45-41-38-36-34-32-30-28-26-24-22-20-18-17-19-21-23-25-27-29-31-33-35-37-39-42-46-50-54-58-62-66-86-73(82)65-61-57-53-49-43-14-12-10-8-6-4-2/h10,12-13,15,19,21,25,27,44,47,59,63,69-71,74-77,79-80,83-85H,3-9,11,14,16-18,20,22-24,26,28-43,45-46,48-58,60-62,64-68H2,1-2H3,(H,78,81)/b12-10-,15-13+,21-19-,27-25-,47-44+,63-59+. The maximum Gasteiger partial charge on any atom is 0.305 e. The number of ether oxygens (including phenoxy) is 3. The number of hydrogen-bond acceptors (Lipinski definition) is 10. The van der Waals surface area contributed by atoms with E-state index >= 15 is 0 Å². The quantitative estimate of drug-likeness (QED) is 0.0195. The molecule has 0 spiro atoms. The zero-order chi connectivity index (χ0) is 63.7. The van der Waals surface area contributed by atoms with Crippen LogP contribution in [0, 0.1) is 0 Å². The Morgan fingerprint density at radius 1 is 0.420 bits per heavy atom. The third-order valence-corrected chi connectivity index (χ3v) is 17.2. The lowest BCUT2D eigenvalue weighted by molar-refractivity contribution is -0.302. The van der Waals surface area contributed by atoms with Crippen molar-refractivity contribution in [1.29, 1.82) is 0 Å². The normalized spacial score (nSPS) is 18.2. The number of unbranched alkanes of at least 4 members (excludes halogenated alkanes) is 41. The molecule has 0 bridgehead atoms. The topological polar surface area (TPSA) is 175 Å². The van der Waals surface area contributed by atoms with Crippen molar-refractivity contribution < 1.29 is 49.3 Å². The first-order chi connectivity index (χ1) is 43.2. The fraction of sp³-hybridized carbons (Fsp3) is 0.818. The summed E-state index contributed by atoms with van der Waals surface area (Å²) in [5, 5.41) is 54.5. The predicted octanol–water partition coefficient (Wildman–Crippen LogP) is 19.5. The molecule has 6 N–H and O–H groups in total. The molecule has 0 aromatic heterocycles. The number of allylic oxidation sites excluding steroid dienone is 11. The highest BCUT2D eigenvalue weighted by Gasteiger charge is 2.44. The van der Waals surface area contributed by atoms with Crippen LogP contribution in [0.25, 0.3) is 0 Å². The predicted molar refractivity (Wildman–Crippen MR) is 370 cm³/mol. The lowest BCUT2D eigenvalue weighted by Crippen LogP contribution is -2.60. The Labute approximate surface area is 541 Å². The average Bonchev–Trinajstić information content (AvgIpc) is 3.73. The van der Waals surface area contributed by atoms with E-state index in [4.69, 9.17) is 14.2 Å². The molecular weight excluding hydrogens is 1100 g/mol. The molecule has 7 atom stereocenters. The van der Waals surface area contributed by atoms with Crippen molar-refractivity contribution >= 4 is 11.9 Å². The smallest absolute Gasteiger partial charge is 0.305 e. The Hall–Kier alpha value is -2.90. The van der Waals surface area contributed by atoms with Crippen LogP contribution in [0.3, 0.4) is 0 Å². The van der Waals surface area contributed by atoms with E-state index in [2.05, 4.69) is 79.9 Å².